The smallest absolute Gasteiger partial charge is 0.302 e. The van der Waals surface area contributed by atoms with Crippen LogP contribution in [0.4, 0.5) is 0 Å². The highest BCUT2D eigenvalue weighted by Gasteiger charge is 2.02. The van der Waals surface area contributed by atoms with E-state index in [1.165, 1.54) is 6.92 Å². The average Bonchev–Trinajstić information content (AvgIpc) is 1.63. The van der Waals surface area contributed by atoms with Gasteiger partial charge in [0.05, 0.1) is 6.61 Å². The van der Waals surface area contributed by atoms with Crippen LogP contribution in [-0.4, -0.2) is 25.8 Å². The van der Waals surface area contributed by atoms with Gasteiger partial charge in [-0.15, -0.1) is 0 Å². The summed E-state index contributed by atoms with van der Waals surface area (Å²) in [4.78, 5) is 10.3. The molecule has 11 heavy (non-hydrogen) atoms. The number of esters is 1. The summed E-state index contributed by atoms with van der Waals surface area (Å²) >= 11 is 0. The molecule has 3 heteroatoms. The summed E-state index contributed by atoms with van der Waals surface area (Å²) in [5.41, 5.74) is 0. The molecule has 0 saturated carbocycles. The minimum absolute atomic E-state index is 0. The van der Waals surface area contributed by atoms with Crippen LogP contribution < -0.4 is 0 Å². The van der Waals surface area contributed by atoms with E-state index in [9.17, 15) is 4.79 Å². The maximum Gasteiger partial charge on any atom is 0.302 e. The first-order chi connectivity index (χ1) is 4.16. The molecule has 70 valence electrons. The summed E-state index contributed by atoms with van der Waals surface area (Å²) in [6, 6.07) is 0. The fourth-order valence-corrected chi connectivity index (χ4v) is 0.552. The lowest BCUT2D eigenvalue weighted by molar-refractivity contribution is -0.147. The van der Waals surface area contributed by atoms with Crippen LogP contribution in [0.15, 0.2) is 0 Å². The second-order valence-corrected chi connectivity index (χ2v) is 1.88. The van der Waals surface area contributed by atoms with Crippen LogP contribution in [0, 0.1) is 0 Å². The molecule has 0 rings (SSSR count). The quantitative estimate of drug-likeness (QED) is 0.597. The average molecular weight is 164 g/mol. The third-order valence-electron chi connectivity index (χ3n) is 0.769. The summed E-state index contributed by atoms with van der Waals surface area (Å²) in [7, 11) is 1.57. The van der Waals surface area contributed by atoms with E-state index in [0.29, 0.717) is 6.61 Å². The second-order valence-electron chi connectivity index (χ2n) is 1.88. The zero-order chi connectivity index (χ0) is 7.28. The molecule has 0 aromatic rings. The Kier molecular flexibility index (Phi) is 14.4. The van der Waals surface area contributed by atoms with Crippen LogP contribution in [0.2, 0.25) is 0 Å². The first-order valence-corrected chi connectivity index (χ1v) is 2.83. The van der Waals surface area contributed by atoms with Gasteiger partial charge in [0.15, 0.2) is 0 Å². The fourth-order valence-electron chi connectivity index (χ4n) is 0.552. The predicted octanol–water partition coefficient (Wildman–Crippen LogP) is 1.86. The maximum atomic E-state index is 10.3. The number of methoxy groups -OCH3 is 1. The number of hydrogen-bond donors (Lipinski definition) is 0. The third-order valence-corrected chi connectivity index (χ3v) is 0.769. The molecule has 0 aromatic carbocycles. The van der Waals surface area contributed by atoms with E-state index in [2.05, 4.69) is 0 Å². The first-order valence-electron chi connectivity index (χ1n) is 2.83. The van der Waals surface area contributed by atoms with E-state index in [1.807, 2.05) is 0 Å². The van der Waals surface area contributed by atoms with Crippen molar-refractivity contribution >= 4 is 5.97 Å². The van der Waals surface area contributed by atoms with Crippen LogP contribution in [0.3, 0.4) is 0 Å². The Hall–Kier alpha value is -0.570. The van der Waals surface area contributed by atoms with Crippen molar-refractivity contribution in [2.24, 2.45) is 0 Å². The lowest BCUT2D eigenvalue weighted by Gasteiger charge is -2.08. The third kappa shape index (κ3) is 12.6. The van der Waals surface area contributed by atoms with E-state index in [-0.39, 0.29) is 26.9 Å². The van der Waals surface area contributed by atoms with Crippen LogP contribution in [0.25, 0.3) is 0 Å². The molecule has 0 aromatic heterocycles. The van der Waals surface area contributed by atoms with Gasteiger partial charge in [0.25, 0.3) is 0 Å². The second kappa shape index (κ2) is 9.43. The van der Waals surface area contributed by atoms with E-state index >= 15 is 0 Å². The zero-order valence-electron chi connectivity index (χ0n) is 6.01. The predicted molar refractivity (Wildman–Crippen MR) is 46.6 cm³/mol. The molecule has 0 radical (unpaired) electrons. The Morgan fingerprint density at radius 3 is 2.18 bits per heavy atom. The van der Waals surface area contributed by atoms with Crippen molar-refractivity contribution in [3.05, 3.63) is 0 Å². The summed E-state index contributed by atoms with van der Waals surface area (Å²) in [6.45, 7) is 3.62. The molecule has 1 unspecified atom stereocenters. The SMILES string of the molecule is C.C.COCC(C)OC(C)=O. The van der Waals surface area contributed by atoms with Gasteiger partial charge in [-0.05, 0) is 6.92 Å². The van der Waals surface area contributed by atoms with Crippen molar-refractivity contribution in [2.45, 2.75) is 34.8 Å². The largest absolute Gasteiger partial charge is 0.460 e. The van der Waals surface area contributed by atoms with E-state index in [0.717, 1.165) is 0 Å². The lowest BCUT2D eigenvalue weighted by Crippen LogP contribution is -2.17. The minimum Gasteiger partial charge on any atom is -0.460 e. The molecule has 0 bridgehead atoms. The highest BCUT2D eigenvalue weighted by atomic mass is 16.6. The number of hydrogen-bond acceptors (Lipinski definition) is 3. The fraction of sp³-hybridized carbons (Fsp3) is 0.875. The number of rotatable bonds is 3. The van der Waals surface area contributed by atoms with E-state index in [4.69, 9.17) is 9.47 Å². The van der Waals surface area contributed by atoms with Gasteiger partial charge in [-0.3, -0.25) is 4.79 Å². The molecule has 0 aliphatic carbocycles. The van der Waals surface area contributed by atoms with Crippen LogP contribution in [0.5, 0.6) is 0 Å². The normalized spacial score (nSPS) is 10.5. The molecule has 0 N–H and O–H groups in total. The van der Waals surface area contributed by atoms with Gasteiger partial charge in [0.1, 0.15) is 6.10 Å². The van der Waals surface area contributed by atoms with E-state index < -0.39 is 0 Å². The van der Waals surface area contributed by atoms with E-state index in [1.54, 1.807) is 14.0 Å². The topological polar surface area (TPSA) is 35.5 Å². The van der Waals surface area contributed by atoms with Crippen molar-refractivity contribution in [1.29, 1.82) is 0 Å². The van der Waals surface area contributed by atoms with Gasteiger partial charge in [0.2, 0.25) is 0 Å². The summed E-state index contributed by atoms with van der Waals surface area (Å²) in [6.07, 6.45) is -0.132. The van der Waals surface area contributed by atoms with Gasteiger partial charge in [0, 0.05) is 14.0 Å². The van der Waals surface area contributed by atoms with Gasteiger partial charge in [-0.25, -0.2) is 0 Å². The van der Waals surface area contributed by atoms with Gasteiger partial charge >= 0.3 is 5.97 Å². The maximum absolute atomic E-state index is 10.3. The molecule has 0 spiro atoms. The highest BCUT2D eigenvalue weighted by molar-refractivity contribution is 5.66. The molecular formula is C8H20O3. The van der Waals surface area contributed by atoms with Crippen molar-refractivity contribution < 1.29 is 14.3 Å². The van der Waals surface area contributed by atoms with Gasteiger partial charge < -0.3 is 9.47 Å². The molecule has 1 atom stereocenters. The first kappa shape index (κ1) is 16.8. The Balaban J connectivity index is -0.000000320. The molecule has 0 amide bonds. The summed E-state index contributed by atoms with van der Waals surface area (Å²) in [5.74, 6) is -0.264. The Bertz CT molecular complexity index is 91.3. The van der Waals surface area contributed by atoms with Crippen molar-refractivity contribution in [2.75, 3.05) is 13.7 Å². The number of ether oxygens (including phenoxy) is 2. The molecule has 0 heterocycles. The molecule has 3 nitrogen and oxygen atoms in total. The standard InChI is InChI=1S/C6H12O3.2CH4/c1-5(4-8-3)9-6(2)7;;/h5H,4H2,1-3H3;2*1H4. The van der Waals surface area contributed by atoms with Crippen molar-refractivity contribution in [1.82, 2.24) is 0 Å². The van der Waals surface area contributed by atoms with Crippen molar-refractivity contribution in [3.8, 4) is 0 Å². The summed E-state index contributed by atoms with van der Waals surface area (Å²) < 4.78 is 9.45. The van der Waals surface area contributed by atoms with Crippen LogP contribution in [0.1, 0.15) is 28.7 Å². The highest BCUT2D eigenvalue weighted by Crippen LogP contribution is 1.90. The van der Waals surface area contributed by atoms with Crippen molar-refractivity contribution in [3.63, 3.8) is 0 Å². The lowest BCUT2D eigenvalue weighted by atomic mass is 10.4. The Morgan fingerprint density at radius 1 is 1.45 bits per heavy atom. The summed E-state index contributed by atoms with van der Waals surface area (Å²) in [5, 5.41) is 0. The van der Waals surface area contributed by atoms with Crippen LogP contribution in [-0.2, 0) is 14.3 Å². The zero-order valence-corrected chi connectivity index (χ0v) is 6.01. The Labute approximate surface area is 69.7 Å². The molecule has 0 fully saturated rings. The molecular weight excluding hydrogens is 144 g/mol. The number of carbonyl (C=O) groups is 1. The number of carbonyl (C=O) groups excluding carboxylic acids is 1. The molecule has 0 aliphatic heterocycles. The van der Waals surface area contributed by atoms with Gasteiger partial charge in [-0.1, -0.05) is 14.9 Å². The Morgan fingerprint density at radius 2 is 1.91 bits per heavy atom. The van der Waals surface area contributed by atoms with Crippen LogP contribution >= 0.6 is 0 Å². The molecule has 0 aliphatic rings. The monoisotopic (exact) mass is 164 g/mol. The minimum atomic E-state index is -0.264. The van der Waals surface area contributed by atoms with Gasteiger partial charge in [-0.2, -0.15) is 0 Å². The molecule has 0 saturated heterocycles.